The van der Waals surface area contributed by atoms with Crippen molar-refractivity contribution in [2.24, 2.45) is 16.3 Å². The van der Waals surface area contributed by atoms with Gasteiger partial charge in [-0.25, -0.2) is 0 Å². The van der Waals surface area contributed by atoms with Crippen molar-refractivity contribution in [1.29, 1.82) is 0 Å². The summed E-state index contributed by atoms with van der Waals surface area (Å²) in [5.41, 5.74) is 0.413. The normalized spacial score (nSPS) is 18.3. The van der Waals surface area contributed by atoms with Crippen LogP contribution in [0, 0.1) is 11.3 Å². The van der Waals surface area contributed by atoms with Gasteiger partial charge in [-0.2, -0.15) is 0 Å². The van der Waals surface area contributed by atoms with Crippen molar-refractivity contribution >= 4 is 17.3 Å². The minimum absolute atomic E-state index is 0.413. The van der Waals surface area contributed by atoms with Gasteiger partial charge in [0.1, 0.15) is 0 Å². The van der Waals surface area contributed by atoms with Crippen molar-refractivity contribution in [2.45, 2.75) is 39.0 Å². The Labute approximate surface area is 144 Å². The molecule has 0 aromatic carbocycles. The quantitative estimate of drug-likeness (QED) is 0.537. The third-order valence-electron chi connectivity index (χ3n) is 4.85. The van der Waals surface area contributed by atoms with Crippen molar-refractivity contribution in [3.05, 3.63) is 22.4 Å². The molecule has 1 atom stereocenters. The molecule has 5 heteroatoms. The molecule has 1 aliphatic carbocycles. The van der Waals surface area contributed by atoms with Gasteiger partial charge in [0.25, 0.3) is 0 Å². The molecule has 0 spiro atoms. The van der Waals surface area contributed by atoms with E-state index < -0.39 is 0 Å². The first kappa shape index (κ1) is 18.3. The fraction of sp³-hybridized carbons (Fsp3) is 0.722. The zero-order chi connectivity index (χ0) is 16.5. The van der Waals surface area contributed by atoms with Crippen molar-refractivity contribution < 1.29 is 4.74 Å². The van der Waals surface area contributed by atoms with Crippen LogP contribution in [0.4, 0.5) is 0 Å². The lowest BCUT2D eigenvalue weighted by Crippen LogP contribution is -2.47. The number of ether oxygens (including phenoxy) is 1. The standard InChI is InChI=1S/C18H31N3OS/c1-15(12-16-6-4-11-23-16)13-20-17(19-2)21-14-18(7-5-8-18)9-10-22-3/h4,6,11,15H,5,7-10,12-14H2,1-3H3,(H2,19,20,21). The van der Waals surface area contributed by atoms with E-state index in [0.29, 0.717) is 11.3 Å². The van der Waals surface area contributed by atoms with Crippen LogP contribution < -0.4 is 10.6 Å². The summed E-state index contributed by atoms with van der Waals surface area (Å²) < 4.78 is 5.26. The van der Waals surface area contributed by atoms with E-state index in [-0.39, 0.29) is 0 Å². The lowest BCUT2D eigenvalue weighted by molar-refractivity contribution is 0.0732. The van der Waals surface area contributed by atoms with Crippen molar-refractivity contribution in [1.82, 2.24) is 10.6 Å². The monoisotopic (exact) mass is 337 g/mol. The molecule has 1 aliphatic rings. The van der Waals surface area contributed by atoms with Gasteiger partial charge >= 0.3 is 0 Å². The molecular formula is C18H31N3OS. The van der Waals surface area contributed by atoms with Gasteiger partial charge in [-0.15, -0.1) is 11.3 Å². The molecule has 0 radical (unpaired) electrons. The minimum atomic E-state index is 0.413. The highest BCUT2D eigenvalue weighted by atomic mass is 32.1. The Morgan fingerprint density at radius 3 is 2.83 bits per heavy atom. The van der Waals surface area contributed by atoms with E-state index >= 15 is 0 Å². The molecule has 0 aliphatic heterocycles. The summed E-state index contributed by atoms with van der Waals surface area (Å²) in [6.07, 6.45) is 6.21. The highest BCUT2D eigenvalue weighted by molar-refractivity contribution is 7.09. The summed E-state index contributed by atoms with van der Waals surface area (Å²) in [5, 5.41) is 9.14. The second kappa shape index (κ2) is 9.28. The fourth-order valence-electron chi connectivity index (χ4n) is 3.12. The van der Waals surface area contributed by atoms with E-state index in [1.54, 1.807) is 7.11 Å². The van der Waals surface area contributed by atoms with Crippen molar-refractivity contribution in [2.75, 3.05) is 33.9 Å². The number of rotatable bonds is 9. The maximum absolute atomic E-state index is 5.26. The zero-order valence-electron chi connectivity index (χ0n) is 14.7. The molecule has 1 fully saturated rings. The second-order valence-corrected chi connectivity index (χ2v) is 7.82. The molecular weight excluding hydrogens is 306 g/mol. The second-order valence-electron chi connectivity index (χ2n) is 6.79. The summed E-state index contributed by atoms with van der Waals surface area (Å²) in [4.78, 5) is 5.82. The number of aliphatic imine (C=N–C) groups is 1. The lowest BCUT2D eigenvalue weighted by Gasteiger charge is -2.42. The maximum atomic E-state index is 5.26. The van der Waals surface area contributed by atoms with E-state index in [1.807, 2.05) is 18.4 Å². The first-order chi connectivity index (χ1) is 11.2. The zero-order valence-corrected chi connectivity index (χ0v) is 15.5. The first-order valence-electron chi connectivity index (χ1n) is 8.63. The van der Waals surface area contributed by atoms with Gasteiger partial charge in [0.15, 0.2) is 5.96 Å². The SMILES string of the molecule is CN=C(NCC(C)Cc1cccs1)NCC1(CCOC)CCC1. The Bertz CT molecular complexity index is 469. The van der Waals surface area contributed by atoms with Crippen LogP contribution in [0.25, 0.3) is 0 Å². The smallest absolute Gasteiger partial charge is 0.191 e. The summed E-state index contributed by atoms with van der Waals surface area (Å²) in [6, 6.07) is 4.34. The van der Waals surface area contributed by atoms with Gasteiger partial charge in [0, 0.05) is 38.7 Å². The maximum Gasteiger partial charge on any atom is 0.191 e. The average molecular weight is 338 g/mol. The molecule has 23 heavy (non-hydrogen) atoms. The van der Waals surface area contributed by atoms with Crippen LogP contribution in [-0.4, -0.2) is 39.8 Å². The van der Waals surface area contributed by atoms with E-state index in [9.17, 15) is 0 Å². The van der Waals surface area contributed by atoms with Crippen LogP contribution in [0.15, 0.2) is 22.5 Å². The first-order valence-corrected chi connectivity index (χ1v) is 9.51. The van der Waals surface area contributed by atoms with Gasteiger partial charge < -0.3 is 15.4 Å². The molecule has 0 amide bonds. The highest BCUT2D eigenvalue weighted by Gasteiger charge is 2.36. The van der Waals surface area contributed by atoms with E-state index in [1.165, 1.54) is 24.1 Å². The van der Waals surface area contributed by atoms with Crippen LogP contribution >= 0.6 is 11.3 Å². The molecule has 4 nitrogen and oxygen atoms in total. The number of hydrogen-bond donors (Lipinski definition) is 2. The van der Waals surface area contributed by atoms with Gasteiger partial charge in [-0.05, 0) is 48.5 Å². The molecule has 0 saturated heterocycles. The van der Waals surface area contributed by atoms with Gasteiger partial charge in [0.05, 0.1) is 0 Å². The molecule has 2 N–H and O–H groups in total. The van der Waals surface area contributed by atoms with Gasteiger partial charge in [-0.3, -0.25) is 4.99 Å². The Morgan fingerprint density at radius 2 is 2.26 bits per heavy atom. The van der Waals surface area contributed by atoms with Crippen LogP contribution in [0.5, 0.6) is 0 Å². The molecule has 1 saturated carbocycles. The third-order valence-corrected chi connectivity index (χ3v) is 5.75. The Balaban J connectivity index is 1.70. The summed E-state index contributed by atoms with van der Waals surface area (Å²) in [5.74, 6) is 1.52. The summed E-state index contributed by atoms with van der Waals surface area (Å²) >= 11 is 1.84. The van der Waals surface area contributed by atoms with Crippen molar-refractivity contribution in [3.63, 3.8) is 0 Å². The number of methoxy groups -OCH3 is 1. The molecule has 2 rings (SSSR count). The molecule has 0 bridgehead atoms. The predicted molar refractivity (Wildman–Crippen MR) is 99.3 cm³/mol. The molecule has 130 valence electrons. The van der Waals surface area contributed by atoms with Gasteiger partial charge in [0.2, 0.25) is 0 Å². The number of nitrogens with zero attached hydrogens (tertiary/aromatic N) is 1. The number of guanidine groups is 1. The topological polar surface area (TPSA) is 45.7 Å². The lowest BCUT2D eigenvalue weighted by atomic mass is 9.67. The Kier molecular flexibility index (Phi) is 7.37. The van der Waals surface area contributed by atoms with Crippen LogP contribution in [0.1, 0.15) is 37.5 Å². The molecule has 1 heterocycles. The van der Waals surface area contributed by atoms with Crippen LogP contribution in [0.2, 0.25) is 0 Å². The molecule has 1 aromatic rings. The largest absolute Gasteiger partial charge is 0.385 e. The van der Waals surface area contributed by atoms with Crippen molar-refractivity contribution in [3.8, 4) is 0 Å². The van der Waals surface area contributed by atoms with Crippen LogP contribution in [-0.2, 0) is 11.2 Å². The van der Waals surface area contributed by atoms with E-state index in [0.717, 1.165) is 38.5 Å². The summed E-state index contributed by atoms with van der Waals surface area (Å²) in [6.45, 7) is 5.08. The molecule has 1 unspecified atom stereocenters. The molecule has 1 aromatic heterocycles. The number of thiophene rings is 1. The van der Waals surface area contributed by atoms with Gasteiger partial charge in [-0.1, -0.05) is 19.4 Å². The third kappa shape index (κ3) is 5.81. The van der Waals surface area contributed by atoms with E-state index in [4.69, 9.17) is 4.74 Å². The highest BCUT2D eigenvalue weighted by Crippen LogP contribution is 2.43. The minimum Gasteiger partial charge on any atom is -0.385 e. The average Bonchev–Trinajstić information content (AvgIpc) is 3.01. The Morgan fingerprint density at radius 1 is 1.43 bits per heavy atom. The number of nitrogens with one attached hydrogen (secondary N) is 2. The summed E-state index contributed by atoms with van der Waals surface area (Å²) in [7, 11) is 3.64. The number of hydrogen-bond acceptors (Lipinski definition) is 3. The van der Waals surface area contributed by atoms with Crippen LogP contribution in [0.3, 0.4) is 0 Å². The fourth-order valence-corrected chi connectivity index (χ4v) is 3.99. The predicted octanol–water partition coefficient (Wildman–Crippen LogP) is 3.30. The Hall–Kier alpha value is -1.07. The van der Waals surface area contributed by atoms with E-state index in [2.05, 4.69) is 40.1 Å².